The average molecular weight is 313 g/mol. The van der Waals surface area contributed by atoms with Gasteiger partial charge >= 0.3 is 12.0 Å². The molecule has 1 aromatic rings. The summed E-state index contributed by atoms with van der Waals surface area (Å²) in [6.07, 6.45) is -0.853. The highest BCUT2D eigenvalue weighted by Gasteiger charge is 2.59. The monoisotopic (exact) mass is 311 g/mol. The molecule has 5 nitrogen and oxygen atoms in total. The third-order valence-electron chi connectivity index (χ3n) is 2.18. The molecule has 8 heteroatoms. The molecule has 0 unspecified atom stereocenters. The number of amides is 1. The van der Waals surface area contributed by atoms with E-state index in [0.717, 1.165) is 0 Å². The number of benzene rings is 1. The van der Waals surface area contributed by atoms with Crippen molar-refractivity contribution < 1.29 is 19.0 Å². The van der Waals surface area contributed by atoms with Crippen LogP contribution in [0.25, 0.3) is 0 Å². The Morgan fingerprint density at radius 1 is 1.28 bits per heavy atom. The van der Waals surface area contributed by atoms with E-state index in [1.54, 1.807) is 24.3 Å². The molecule has 1 aliphatic heterocycles. The van der Waals surface area contributed by atoms with Gasteiger partial charge in [-0.25, -0.2) is 10.1 Å². The molecule has 2 rings (SSSR count). The van der Waals surface area contributed by atoms with Crippen molar-refractivity contribution in [2.24, 2.45) is 0 Å². The van der Waals surface area contributed by atoms with Crippen molar-refractivity contribution in [2.45, 2.75) is 9.70 Å². The van der Waals surface area contributed by atoms with Crippen LogP contribution in [0.4, 0.5) is 4.79 Å². The Morgan fingerprint density at radius 2 is 1.78 bits per heavy atom. The minimum atomic E-state index is -2.06. The second-order valence-corrected chi connectivity index (χ2v) is 5.66. The molecule has 0 saturated carbocycles. The molecule has 0 saturated heterocycles. The lowest BCUT2D eigenvalue weighted by atomic mass is 10.3. The number of ether oxygens (including phenoxy) is 3. The van der Waals surface area contributed by atoms with Gasteiger partial charge in [0.1, 0.15) is 0 Å². The zero-order valence-electron chi connectivity index (χ0n) is 9.08. The van der Waals surface area contributed by atoms with E-state index in [9.17, 15) is 4.79 Å². The third-order valence-corrected chi connectivity index (χ3v) is 2.93. The first-order chi connectivity index (χ1) is 8.38. The Hall–Kier alpha value is -1.04. The molecule has 1 aromatic carbocycles. The Bertz CT molecular complexity index is 449. The molecule has 0 bridgehead atoms. The summed E-state index contributed by atoms with van der Waals surface area (Å²) >= 11 is 17.4. The third kappa shape index (κ3) is 2.25. The number of rotatable bonds is 1. The summed E-state index contributed by atoms with van der Waals surface area (Å²) in [5, 5.41) is 2.23. The SMILES string of the molecule is COC(=O)NC1(C(Cl)(Cl)Cl)Oc2ccccc2O1. The molecule has 0 fully saturated rings. The molecule has 1 heterocycles. The van der Waals surface area contributed by atoms with Gasteiger partial charge in [-0.1, -0.05) is 46.9 Å². The van der Waals surface area contributed by atoms with Crippen LogP contribution in [0, 0.1) is 0 Å². The average Bonchev–Trinajstić information content (AvgIpc) is 2.67. The quantitative estimate of drug-likeness (QED) is 0.810. The van der Waals surface area contributed by atoms with E-state index in [1.165, 1.54) is 7.11 Å². The number of fused-ring (bicyclic) bond motifs is 1. The molecule has 1 N–H and O–H groups in total. The fraction of sp³-hybridized carbons (Fsp3) is 0.300. The number of para-hydroxylation sites is 2. The van der Waals surface area contributed by atoms with E-state index in [2.05, 4.69) is 10.1 Å². The van der Waals surface area contributed by atoms with E-state index in [-0.39, 0.29) is 0 Å². The number of methoxy groups -OCH3 is 1. The molecular formula is C10H8Cl3NO4. The molecule has 98 valence electrons. The molecule has 0 aliphatic carbocycles. The highest BCUT2D eigenvalue weighted by atomic mass is 35.6. The van der Waals surface area contributed by atoms with Gasteiger partial charge in [0, 0.05) is 0 Å². The van der Waals surface area contributed by atoms with E-state index >= 15 is 0 Å². The van der Waals surface area contributed by atoms with Crippen molar-refractivity contribution in [1.82, 2.24) is 5.32 Å². The predicted molar refractivity (Wildman–Crippen MR) is 66.3 cm³/mol. The van der Waals surface area contributed by atoms with Crippen LogP contribution in [0.5, 0.6) is 11.5 Å². The van der Waals surface area contributed by atoms with E-state index in [4.69, 9.17) is 44.3 Å². The lowest BCUT2D eigenvalue weighted by molar-refractivity contribution is -0.0981. The number of hydrogen-bond acceptors (Lipinski definition) is 4. The fourth-order valence-corrected chi connectivity index (χ4v) is 1.75. The molecule has 0 atom stereocenters. The zero-order valence-corrected chi connectivity index (χ0v) is 11.3. The minimum absolute atomic E-state index is 0.347. The predicted octanol–water partition coefficient (Wildman–Crippen LogP) is 2.84. The molecule has 1 amide bonds. The summed E-state index contributed by atoms with van der Waals surface area (Å²) in [7, 11) is 1.17. The van der Waals surface area contributed by atoms with Crippen LogP contribution in [-0.2, 0) is 4.74 Å². The number of hydrogen-bond donors (Lipinski definition) is 1. The first-order valence-electron chi connectivity index (χ1n) is 4.78. The lowest BCUT2D eigenvalue weighted by Gasteiger charge is -2.32. The van der Waals surface area contributed by atoms with Gasteiger partial charge in [0.05, 0.1) is 7.11 Å². The Kier molecular flexibility index (Phi) is 3.40. The number of halogens is 3. The van der Waals surface area contributed by atoms with Crippen molar-refractivity contribution in [3.05, 3.63) is 24.3 Å². The first kappa shape index (κ1) is 13.4. The van der Waals surface area contributed by atoms with Crippen molar-refractivity contribution in [3.8, 4) is 11.5 Å². The van der Waals surface area contributed by atoms with Crippen LogP contribution < -0.4 is 14.8 Å². The maximum atomic E-state index is 11.3. The van der Waals surface area contributed by atoms with E-state index in [0.29, 0.717) is 11.5 Å². The Morgan fingerprint density at radius 3 is 2.17 bits per heavy atom. The van der Waals surface area contributed by atoms with Gasteiger partial charge in [0.2, 0.25) is 0 Å². The van der Waals surface area contributed by atoms with Crippen molar-refractivity contribution in [3.63, 3.8) is 0 Å². The molecule has 18 heavy (non-hydrogen) atoms. The molecule has 1 aliphatic rings. The largest absolute Gasteiger partial charge is 0.453 e. The normalized spacial score (nSPS) is 16.2. The first-order valence-corrected chi connectivity index (χ1v) is 5.91. The van der Waals surface area contributed by atoms with E-state index < -0.39 is 15.8 Å². The van der Waals surface area contributed by atoms with Crippen LogP contribution in [0.15, 0.2) is 24.3 Å². The zero-order chi connectivity index (χ0) is 13.4. The van der Waals surface area contributed by atoms with Gasteiger partial charge < -0.3 is 14.2 Å². The van der Waals surface area contributed by atoms with Gasteiger partial charge in [0.25, 0.3) is 3.79 Å². The number of carbonyl (C=O) groups is 1. The highest BCUT2D eigenvalue weighted by molar-refractivity contribution is 6.68. The maximum Gasteiger partial charge on any atom is 0.412 e. The maximum absolute atomic E-state index is 11.3. The van der Waals surface area contributed by atoms with Crippen molar-refractivity contribution in [2.75, 3.05) is 7.11 Å². The van der Waals surface area contributed by atoms with Gasteiger partial charge in [-0.2, -0.15) is 0 Å². The molecular weight excluding hydrogens is 304 g/mol. The summed E-state index contributed by atoms with van der Waals surface area (Å²) in [6, 6.07) is 6.67. The summed E-state index contributed by atoms with van der Waals surface area (Å²) in [6.45, 7) is 0. The van der Waals surface area contributed by atoms with Crippen LogP contribution in [0.2, 0.25) is 0 Å². The molecule has 0 radical (unpaired) electrons. The summed E-state index contributed by atoms with van der Waals surface area (Å²) < 4.78 is 13.2. The molecule has 0 aromatic heterocycles. The number of alkyl carbamates (subject to hydrolysis) is 1. The number of alkyl halides is 3. The summed E-state index contributed by atoms with van der Waals surface area (Å²) in [5.74, 6) is -1.27. The second-order valence-electron chi connectivity index (χ2n) is 3.38. The fourth-order valence-electron chi connectivity index (χ4n) is 1.37. The summed E-state index contributed by atoms with van der Waals surface area (Å²) in [5.41, 5.74) is 0. The minimum Gasteiger partial charge on any atom is -0.453 e. The van der Waals surface area contributed by atoms with Crippen LogP contribution in [0.3, 0.4) is 0 Å². The van der Waals surface area contributed by atoms with Crippen molar-refractivity contribution in [1.29, 1.82) is 0 Å². The number of nitrogens with one attached hydrogen (secondary N) is 1. The van der Waals surface area contributed by atoms with E-state index in [1.807, 2.05) is 0 Å². The Balaban J connectivity index is 2.34. The van der Waals surface area contributed by atoms with Crippen LogP contribution in [-0.4, -0.2) is 22.9 Å². The number of carbonyl (C=O) groups excluding carboxylic acids is 1. The van der Waals surface area contributed by atoms with Crippen LogP contribution in [0.1, 0.15) is 0 Å². The van der Waals surface area contributed by atoms with Gasteiger partial charge in [-0.15, -0.1) is 0 Å². The topological polar surface area (TPSA) is 56.8 Å². The smallest absolute Gasteiger partial charge is 0.412 e. The summed E-state index contributed by atoms with van der Waals surface area (Å²) in [4.78, 5) is 11.3. The van der Waals surface area contributed by atoms with Gasteiger partial charge in [-0.05, 0) is 12.1 Å². The second kappa shape index (κ2) is 4.57. The van der Waals surface area contributed by atoms with Crippen LogP contribution >= 0.6 is 34.8 Å². The highest BCUT2D eigenvalue weighted by Crippen LogP contribution is 2.48. The molecule has 0 spiro atoms. The van der Waals surface area contributed by atoms with Gasteiger partial charge in [-0.3, -0.25) is 0 Å². The van der Waals surface area contributed by atoms with Gasteiger partial charge in [0.15, 0.2) is 11.5 Å². The standard InChI is InChI=1S/C10H8Cl3NO4/c1-16-8(15)14-10(9(11,12)13)17-6-4-2-3-5-7(6)18-10/h2-5H,1H3,(H,14,15). The lowest BCUT2D eigenvalue weighted by Crippen LogP contribution is -2.63. The van der Waals surface area contributed by atoms with Crippen molar-refractivity contribution >= 4 is 40.9 Å². The Labute approximate surface area is 118 Å².